The standard InChI is InChI=1S/C16H13BrN2O4/c1-2-22-15-8-12(9-18)7-14(17)16(15)23-10-11-3-5-13(6-4-11)19(20)21/h3-8H,2,10H2,1H3. The average Bonchev–Trinajstić information content (AvgIpc) is 2.54. The molecule has 2 aromatic carbocycles. The summed E-state index contributed by atoms with van der Waals surface area (Å²) in [6, 6.07) is 11.4. The summed E-state index contributed by atoms with van der Waals surface area (Å²) in [6.07, 6.45) is 0. The molecule has 0 unspecified atom stereocenters. The predicted octanol–water partition coefficient (Wildman–Crippen LogP) is 4.21. The van der Waals surface area contributed by atoms with Gasteiger partial charge in [-0.25, -0.2) is 0 Å². The molecule has 2 rings (SSSR count). The first-order valence-corrected chi connectivity index (χ1v) is 7.57. The van der Waals surface area contributed by atoms with Gasteiger partial charge in [0.1, 0.15) is 6.61 Å². The summed E-state index contributed by atoms with van der Waals surface area (Å²) in [5.41, 5.74) is 1.28. The van der Waals surface area contributed by atoms with Gasteiger partial charge in [-0.1, -0.05) is 0 Å². The Hall–Kier alpha value is -2.59. The summed E-state index contributed by atoms with van der Waals surface area (Å²) >= 11 is 3.37. The quantitative estimate of drug-likeness (QED) is 0.556. The van der Waals surface area contributed by atoms with Crippen LogP contribution in [0.5, 0.6) is 11.5 Å². The monoisotopic (exact) mass is 376 g/mol. The number of hydrogen-bond acceptors (Lipinski definition) is 5. The summed E-state index contributed by atoms with van der Waals surface area (Å²) in [5.74, 6) is 0.963. The molecule has 0 N–H and O–H groups in total. The van der Waals surface area contributed by atoms with Crippen LogP contribution >= 0.6 is 15.9 Å². The van der Waals surface area contributed by atoms with Gasteiger partial charge in [-0.15, -0.1) is 0 Å². The third-order valence-corrected chi connectivity index (χ3v) is 3.56. The Morgan fingerprint density at radius 3 is 2.52 bits per heavy atom. The summed E-state index contributed by atoms with van der Waals surface area (Å²) in [7, 11) is 0. The molecule has 0 aliphatic heterocycles. The molecule has 0 saturated carbocycles. The van der Waals surface area contributed by atoms with Gasteiger partial charge < -0.3 is 9.47 Å². The van der Waals surface area contributed by atoms with Crippen molar-refractivity contribution in [1.82, 2.24) is 0 Å². The molecule has 0 aromatic heterocycles. The number of ether oxygens (including phenoxy) is 2. The fourth-order valence-corrected chi connectivity index (χ4v) is 2.46. The first-order valence-electron chi connectivity index (χ1n) is 6.77. The van der Waals surface area contributed by atoms with Gasteiger partial charge in [0.25, 0.3) is 5.69 Å². The Bertz CT molecular complexity index is 754. The Balaban J connectivity index is 2.19. The summed E-state index contributed by atoms with van der Waals surface area (Å²) in [5, 5.41) is 19.6. The van der Waals surface area contributed by atoms with Gasteiger partial charge >= 0.3 is 0 Å². The summed E-state index contributed by atoms with van der Waals surface area (Å²) in [6.45, 7) is 2.50. The van der Waals surface area contributed by atoms with E-state index in [0.29, 0.717) is 28.1 Å². The smallest absolute Gasteiger partial charge is 0.269 e. The zero-order valence-corrected chi connectivity index (χ0v) is 13.9. The maximum absolute atomic E-state index is 10.6. The van der Waals surface area contributed by atoms with Gasteiger partial charge in [-0.3, -0.25) is 10.1 Å². The Morgan fingerprint density at radius 1 is 1.26 bits per heavy atom. The van der Waals surface area contributed by atoms with E-state index in [0.717, 1.165) is 5.56 Å². The molecule has 0 aliphatic rings. The number of nitriles is 1. The normalized spacial score (nSPS) is 9.96. The Labute approximate surface area is 141 Å². The topological polar surface area (TPSA) is 85.4 Å². The van der Waals surface area contributed by atoms with E-state index >= 15 is 0 Å². The van der Waals surface area contributed by atoms with Crippen LogP contribution in [0.15, 0.2) is 40.9 Å². The van der Waals surface area contributed by atoms with E-state index in [1.165, 1.54) is 12.1 Å². The lowest BCUT2D eigenvalue weighted by molar-refractivity contribution is -0.384. The van der Waals surface area contributed by atoms with Crippen LogP contribution in [0, 0.1) is 21.4 Å². The highest BCUT2D eigenvalue weighted by atomic mass is 79.9. The molecule has 2 aromatic rings. The number of non-ortho nitro benzene ring substituents is 1. The molecule has 0 bridgehead atoms. The van der Waals surface area contributed by atoms with Crippen LogP contribution in [-0.2, 0) is 6.61 Å². The number of nitrogens with zero attached hydrogens (tertiary/aromatic N) is 2. The second-order valence-corrected chi connectivity index (χ2v) is 5.40. The molecular weight excluding hydrogens is 364 g/mol. The van der Waals surface area contributed by atoms with E-state index in [4.69, 9.17) is 14.7 Å². The highest BCUT2D eigenvalue weighted by Crippen LogP contribution is 2.37. The van der Waals surface area contributed by atoms with Crippen molar-refractivity contribution >= 4 is 21.6 Å². The molecule has 0 aliphatic carbocycles. The summed E-state index contributed by atoms with van der Waals surface area (Å²) in [4.78, 5) is 10.2. The van der Waals surface area contributed by atoms with Gasteiger partial charge in [-0.2, -0.15) is 5.26 Å². The first kappa shape index (κ1) is 16.8. The Kier molecular flexibility index (Phi) is 5.55. The van der Waals surface area contributed by atoms with Gasteiger partial charge in [0.05, 0.1) is 27.6 Å². The predicted molar refractivity (Wildman–Crippen MR) is 87.5 cm³/mol. The number of rotatable bonds is 6. The van der Waals surface area contributed by atoms with Crippen molar-refractivity contribution in [3.8, 4) is 17.6 Å². The van der Waals surface area contributed by atoms with Crippen LogP contribution < -0.4 is 9.47 Å². The minimum atomic E-state index is -0.449. The molecular formula is C16H13BrN2O4. The molecule has 23 heavy (non-hydrogen) atoms. The molecule has 6 nitrogen and oxygen atoms in total. The van der Waals surface area contributed by atoms with Gasteiger partial charge in [0.2, 0.25) is 0 Å². The highest BCUT2D eigenvalue weighted by Gasteiger charge is 2.13. The van der Waals surface area contributed by atoms with Crippen LogP contribution in [0.2, 0.25) is 0 Å². The van der Waals surface area contributed by atoms with Crippen molar-refractivity contribution in [2.45, 2.75) is 13.5 Å². The molecule has 0 radical (unpaired) electrons. The van der Waals surface area contributed by atoms with Crippen molar-refractivity contribution in [3.63, 3.8) is 0 Å². The van der Waals surface area contributed by atoms with Crippen LogP contribution in [0.4, 0.5) is 5.69 Å². The van der Waals surface area contributed by atoms with Crippen molar-refractivity contribution in [2.75, 3.05) is 6.61 Å². The SMILES string of the molecule is CCOc1cc(C#N)cc(Br)c1OCc1ccc([N+](=O)[O-])cc1. The maximum Gasteiger partial charge on any atom is 0.269 e. The van der Waals surface area contributed by atoms with E-state index < -0.39 is 4.92 Å². The Morgan fingerprint density at radius 2 is 1.96 bits per heavy atom. The molecule has 0 spiro atoms. The van der Waals surface area contributed by atoms with Crippen molar-refractivity contribution in [1.29, 1.82) is 5.26 Å². The van der Waals surface area contributed by atoms with Crippen LogP contribution in [-0.4, -0.2) is 11.5 Å². The lowest BCUT2D eigenvalue weighted by Gasteiger charge is -2.14. The number of hydrogen-bond donors (Lipinski definition) is 0. The third-order valence-electron chi connectivity index (χ3n) is 2.97. The van der Waals surface area contributed by atoms with E-state index in [1.807, 2.05) is 6.92 Å². The molecule has 118 valence electrons. The van der Waals surface area contributed by atoms with Crippen LogP contribution in [0.3, 0.4) is 0 Å². The second kappa shape index (κ2) is 7.61. The van der Waals surface area contributed by atoms with Gasteiger partial charge in [-0.05, 0) is 46.6 Å². The molecule has 0 atom stereocenters. The summed E-state index contributed by atoms with van der Waals surface area (Å²) < 4.78 is 11.9. The van der Waals surface area contributed by atoms with E-state index in [-0.39, 0.29) is 12.3 Å². The van der Waals surface area contributed by atoms with E-state index in [1.54, 1.807) is 24.3 Å². The molecule has 0 amide bonds. The lowest BCUT2D eigenvalue weighted by Crippen LogP contribution is -2.01. The largest absolute Gasteiger partial charge is 0.490 e. The first-order chi connectivity index (χ1) is 11.0. The zero-order chi connectivity index (χ0) is 16.8. The van der Waals surface area contributed by atoms with Crippen molar-refractivity contribution in [2.24, 2.45) is 0 Å². The molecule has 0 fully saturated rings. The van der Waals surface area contributed by atoms with Crippen LogP contribution in [0.25, 0.3) is 0 Å². The molecule has 0 saturated heterocycles. The average molecular weight is 377 g/mol. The lowest BCUT2D eigenvalue weighted by atomic mass is 10.2. The van der Waals surface area contributed by atoms with Crippen molar-refractivity contribution in [3.05, 3.63) is 62.1 Å². The highest BCUT2D eigenvalue weighted by molar-refractivity contribution is 9.10. The number of benzene rings is 2. The molecule has 0 heterocycles. The molecule has 7 heteroatoms. The van der Waals surface area contributed by atoms with E-state index in [9.17, 15) is 10.1 Å². The van der Waals surface area contributed by atoms with Crippen molar-refractivity contribution < 1.29 is 14.4 Å². The fourth-order valence-electron chi connectivity index (χ4n) is 1.90. The fraction of sp³-hybridized carbons (Fsp3) is 0.188. The van der Waals surface area contributed by atoms with E-state index in [2.05, 4.69) is 22.0 Å². The van der Waals surface area contributed by atoms with Gasteiger partial charge in [0.15, 0.2) is 11.5 Å². The third kappa shape index (κ3) is 4.20. The van der Waals surface area contributed by atoms with Gasteiger partial charge in [0, 0.05) is 18.2 Å². The minimum Gasteiger partial charge on any atom is -0.490 e. The maximum atomic E-state index is 10.6. The number of halogens is 1. The minimum absolute atomic E-state index is 0.0308. The van der Waals surface area contributed by atoms with Crippen LogP contribution in [0.1, 0.15) is 18.1 Å². The second-order valence-electron chi connectivity index (χ2n) is 4.54. The number of nitro groups is 1. The number of nitro benzene ring substituents is 1. The zero-order valence-electron chi connectivity index (χ0n) is 12.3.